The third-order valence-corrected chi connectivity index (χ3v) is 6.55. The highest BCUT2D eigenvalue weighted by Crippen LogP contribution is 2.28. The van der Waals surface area contributed by atoms with Gasteiger partial charge in [-0.15, -0.1) is 0 Å². The Morgan fingerprint density at radius 2 is 1.78 bits per heavy atom. The minimum Gasteiger partial charge on any atom is -0.493 e. The normalized spacial score (nSPS) is 25.5. The Labute approximate surface area is 163 Å². The molecule has 27 heavy (non-hydrogen) atoms. The predicted octanol–water partition coefficient (Wildman–Crippen LogP) is 2.11. The topological polar surface area (TPSA) is 36.0 Å². The summed E-state index contributed by atoms with van der Waals surface area (Å²) in [5.41, 5.74) is 1.18. The van der Waals surface area contributed by atoms with E-state index < -0.39 is 0 Å². The molecule has 3 aliphatic rings. The van der Waals surface area contributed by atoms with Gasteiger partial charge >= 0.3 is 0 Å². The summed E-state index contributed by atoms with van der Waals surface area (Å²) in [6.45, 7) is 8.12. The summed E-state index contributed by atoms with van der Waals surface area (Å²) in [7, 11) is 2.22. The SMILES string of the molecule is CN1CCC(CN2CCN(C(=O)[C@@H]3CCOc4ccccc4C3)CC2)CC1. The van der Waals surface area contributed by atoms with Crippen LogP contribution in [0.15, 0.2) is 24.3 Å². The molecule has 0 aromatic heterocycles. The highest BCUT2D eigenvalue weighted by atomic mass is 16.5. The van der Waals surface area contributed by atoms with Crippen molar-refractivity contribution in [2.24, 2.45) is 11.8 Å². The van der Waals surface area contributed by atoms with E-state index in [1.807, 2.05) is 18.2 Å². The lowest BCUT2D eigenvalue weighted by Crippen LogP contribution is -2.52. The fourth-order valence-electron chi connectivity index (χ4n) is 4.72. The Bertz CT molecular complexity index is 634. The molecule has 1 aromatic carbocycles. The van der Waals surface area contributed by atoms with Gasteiger partial charge in [0.15, 0.2) is 0 Å². The van der Waals surface area contributed by atoms with Crippen LogP contribution >= 0.6 is 0 Å². The van der Waals surface area contributed by atoms with Gasteiger partial charge in [-0.05, 0) is 63.4 Å². The molecular weight excluding hydrogens is 338 g/mol. The summed E-state index contributed by atoms with van der Waals surface area (Å²) in [4.78, 5) is 20.2. The van der Waals surface area contributed by atoms with Gasteiger partial charge in [0.05, 0.1) is 6.61 Å². The molecule has 1 amide bonds. The van der Waals surface area contributed by atoms with Crippen LogP contribution in [0, 0.1) is 11.8 Å². The summed E-state index contributed by atoms with van der Waals surface area (Å²) < 4.78 is 5.84. The Kier molecular flexibility index (Phi) is 5.98. The molecule has 2 fully saturated rings. The quantitative estimate of drug-likeness (QED) is 0.815. The summed E-state index contributed by atoms with van der Waals surface area (Å²) in [5, 5.41) is 0. The minimum absolute atomic E-state index is 0.0640. The molecule has 2 saturated heterocycles. The summed E-state index contributed by atoms with van der Waals surface area (Å²) >= 11 is 0. The predicted molar refractivity (Wildman–Crippen MR) is 107 cm³/mol. The van der Waals surface area contributed by atoms with E-state index in [1.165, 1.54) is 38.0 Å². The molecule has 3 aliphatic heterocycles. The number of rotatable bonds is 3. The Morgan fingerprint density at radius 3 is 2.56 bits per heavy atom. The number of fused-ring (bicyclic) bond motifs is 1. The first-order valence-electron chi connectivity index (χ1n) is 10.6. The maximum Gasteiger partial charge on any atom is 0.226 e. The van der Waals surface area contributed by atoms with Crippen molar-refractivity contribution in [3.8, 4) is 5.75 Å². The van der Waals surface area contributed by atoms with E-state index in [9.17, 15) is 4.79 Å². The van der Waals surface area contributed by atoms with Crippen LogP contribution in [0.3, 0.4) is 0 Å². The first kappa shape index (κ1) is 18.8. The lowest BCUT2D eigenvalue weighted by molar-refractivity contribution is -0.137. The first-order chi connectivity index (χ1) is 13.2. The Morgan fingerprint density at radius 1 is 1.04 bits per heavy atom. The van der Waals surface area contributed by atoms with Crippen molar-refractivity contribution >= 4 is 5.91 Å². The smallest absolute Gasteiger partial charge is 0.226 e. The molecule has 0 bridgehead atoms. The number of nitrogens with zero attached hydrogens (tertiary/aromatic N) is 3. The van der Waals surface area contributed by atoms with Gasteiger partial charge in [0.25, 0.3) is 0 Å². The second-order valence-electron chi connectivity index (χ2n) is 8.52. The van der Waals surface area contributed by atoms with Gasteiger partial charge < -0.3 is 14.5 Å². The monoisotopic (exact) mass is 371 g/mol. The second-order valence-corrected chi connectivity index (χ2v) is 8.52. The third-order valence-electron chi connectivity index (χ3n) is 6.55. The molecule has 4 rings (SSSR count). The van der Waals surface area contributed by atoms with Gasteiger partial charge in [-0.2, -0.15) is 0 Å². The average Bonchev–Trinajstić information content (AvgIpc) is 2.92. The number of carbonyl (C=O) groups is 1. The fraction of sp³-hybridized carbons (Fsp3) is 0.682. The lowest BCUT2D eigenvalue weighted by Gasteiger charge is -2.39. The number of carbonyl (C=O) groups excluding carboxylic acids is 1. The summed E-state index contributed by atoms with van der Waals surface area (Å²) in [6, 6.07) is 8.16. The molecule has 0 spiro atoms. The zero-order chi connectivity index (χ0) is 18.6. The van der Waals surface area contributed by atoms with Crippen molar-refractivity contribution in [2.45, 2.75) is 25.7 Å². The third kappa shape index (κ3) is 4.64. The van der Waals surface area contributed by atoms with Gasteiger partial charge in [-0.25, -0.2) is 0 Å². The van der Waals surface area contributed by atoms with Gasteiger partial charge in [-0.1, -0.05) is 18.2 Å². The number of likely N-dealkylation sites (tertiary alicyclic amines) is 1. The van der Waals surface area contributed by atoms with Crippen molar-refractivity contribution < 1.29 is 9.53 Å². The van der Waals surface area contributed by atoms with Crippen LogP contribution in [0.1, 0.15) is 24.8 Å². The first-order valence-corrected chi connectivity index (χ1v) is 10.6. The molecule has 5 heteroatoms. The van der Waals surface area contributed by atoms with Gasteiger partial charge in [-0.3, -0.25) is 9.69 Å². The van der Waals surface area contributed by atoms with Gasteiger partial charge in [0.2, 0.25) is 5.91 Å². The van der Waals surface area contributed by atoms with E-state index in [-0.39, 0.29) is 5.92 Å². The van der Waals surface area contributed by atoms with E-state index in [2.05, 4.69) is 27.8 Å². The van der Waals surface area contributed by atoms with E-state index in [1.54, 1.807) is 0 Å². The number of ether oxygens (including phenoxy) is 1. The molecule has 1 aromatic rings. The standard InChI is InChI=1S/C22H33N3O2/c1-23-9-6-18(7-10-23)17-24-11-13-25(14-12-24)22(26)20-8-15-27-21-5-3-2-4-19(21)16-20/h2-5,18,20H,6-17H2,1H3/t20-/m1/s1. The number of amides is 1. The second kappa shape index (κ2) is 8.61. The largest absolute Gasteiger partial charge is 0.493 e. The maximum absolute atomic E-state index is 13.1. The molecule has 0 aliphatic carbocycles. The molecule has 0 unspecified atom stereocenters. The molecule has 0 saturated carbocycles. The summed E-state index contributed by atoms with van der Waals surface area (Å²) in [5.74, 6) is 2.18. The highest BCUT2D eigenvalue weighted by Gasteiger charge is 2.30. The van der Waals surface area contributed by atoms with Gasteiger partial charge in [0.1, 0.15) is 5.75 Å². The molecule has 5 nitrogen and oxygen atoms in total. The molecule has 0 N–H and O–H groups in total. The molecule has 1 atom stereocenters. The van der Waals surface area contributed by atoms with E-state index in [0.29, 0.717) is 12.5 Å². The van der Waals surface area contributed by atoms with Crippen molar-refractivity contribution in [3.05, 3.63) is 29.8 Å². The van der Waals surface area contributed by atoms with Crippen molar-refractivity contribution in [3.63, 3.8) is 0 Å². The lowest BCUT2D eigenvalue weighted by atomic mass is 9.94. The average molecular weight is 372 g/mol. The molecule has 0 radical (unpaired) electrons. The number of hydrogen-bond acceptors (Lipinski definition) is 4. The number of benzene rings is 1. The molecular formula is C22H33N3O2. The van der Waals surface area contributed by atoms with Crippen LogP contribution in [-0.4, -0.2) is 80.1 Å². The van der Waals surface area contributed by atoms with E-state index in [4.69, 9.17) is 4.74 Å². The Balaban J connectivity index is 1.27. The number of piperidine rings is 1. The van der Waals surface area contributed by atoms with E-state index in [0.717, 1.165) is 50.7 Å². The van der Waals surface area contributed by atoms with Gasteiger partial charge in [0, 0.05) is 38.6 Å². The van der Waals surface area contributed by atoms with Crippen LogP contribution in [0.2, 0.25) is 0 Å². The minimum atomic E-state index is 0.0640. The van der Waals surface area contributed by atoms with Crippen LogP contribution in [0.5, 0.6) is 5.75 Å². The highest BCUT2D eigenvalue weighted by molar-refractivity contribution is 5.79. The number of piperazine rings is 1. The Hall–Kier alpha value is -1.59. The van der Waals surface area contributed by atoms with Crippen LogP contribution in [0.4, 0.5) is 0 Å². The van der Waals surface area contributed by atoms with Crippen LogP contribution < -0.4 is 4.74 Å². The molecule has 148 valence electrons. The van der Waals surface area contributed by atoms with Crippen LogP contribution in [-0.2, 0) is 11.2 Å². The zero-order valence-corrected chi connectivity index (χ0v) is 16.6. The number of para-hydroxylation sites is 1. The fourth-order valence-corrected chi connectivity index (χ4v) is 4.72. The van der Waals surface area contributed by atoms with Crippen molar-refractivity contribution in [1.82, 2.24) is 14.7 Å². The van der Waals surface area contributed by atoms with Crippen molar-refractivity contribution in [1.29, 1.82) is 0 Å². The molecule has 3 heterocycles. The van der Waals surface area contributed by atoms with E-state index >= 15 is 0 Å². The van der Waals surface area contributed by atoms with Crippen LogP contribution in [0.25, 0.3) is 0 Å². The maximum atomic E-state index is 13.1. The zero-order valence-electron chi connectivity index (χ0n) is 16.6. The number of hydrogen-bond donors (Lipinski definition) is 0. The summed E-state index contributed by atoms with van der Waals surface area (Å²) in [6.07, 6.45) is 4.27. The van der Waals surface area contributed by atoms with Crippen molar-refractivity contribution in [2.75, 3.05) is 59.5 Å².